The molecule has 2 rings (SSSR count). The van der Waals surface area contributed by atoms with Gasteiger partial charge in [0.2, 0.25) is 0 Å². The fraction of sp³-hybridized carbons (Fsp3) is 0.538. The molecule has 98 valence electrons. The van der Waals surface area contributed by atoms with Gasteiger partial charge in [-0.3, -0.25) is 9.59 Å². The zero-order valence-corrected chi connectivity index (χ0v) is 11.2. The summed E-state index contributed by atoms with van der Waals surface area (Å²) in [4.78, 5) is 24.9. The van der Waals surface area contributed by atoms with Crippen molar-refractivity contribution in [1.82, 2.24) is 4.90 Å². The van der Waals surface area contributed by atoms with E-state index in [0.717, 1.165) is 31.2 Å². The van der Waals surface area contributed by atoms with Gasteiger partial charge >= 0.3 is 5.97 Å². The molecule has 1 aromatic rings. The Morgan fingerprint density at radius 2 is 2.06 bits per heavy atom. The lowest BCUT2D eigenvalue weighted by Crippen LogP contribution is -2.42. The van der Waals surface area contributed by atoms with E-state index in [0.29, 0.717) is 5.56 Å². The molecule has 1 aromatic heterocycles. The number of carbonyl (C=O) groups excluding carboxylic acids is 1. The summed E-state index contributed by atoms with van der Waals surface area (Å²) in [5.74, 6) is -1.08. The number of carboxylic acid groups (broad SMARTS) is 1. The van der Waals surface area contributed by atoms with Crippen molar-refractivity contribution < 1.29 is 14.7 Å². The molecule has 0 spiro atoms. The van der Waals surface area contributed by atoms with Crippen molar-refractivity contribution in [3.05, 3.63) is 21.9 Å². The molecule has 0 unspecified atom stereocenters. The first kappa shape index (κ1) is 13.1. The monoisotopic (exact) mass is 267 g/mol. The molecule has 1 aliphatic carbocycles. The Balaban J connectivity index is 2.20. The summed E-state index contributed by atoms with van der Waals surface area (Å²) in [5, 5.41) is 12.7. The van der Waals surface area contributed by atoms with Crippen LogP contribution in [0.2, 0.25) is 0 Å². The Morgan fingerprint density at radius 1 is 1.39 bits per heavy atom. The number of rotatable bonds is 4. The Bertz CT molecular complexity index is 449. The average molecular weight is 267 g/mol. The lowest BCUT2D eigenvalue weighted by Gasteiger charge is -2.27. The zero-order valence-electron chi connectivity index (χ0n) is 10.4. The third-order valence-electron chi connectivity index (χ3n) is 3.42. The second-order valence-electron chi connectivity index (χ2n) is 4.73. The largest absolute Gasteiger partial charge is 0.480 e. The standard InChI is InChI=1S/C13H17NO3S/c1-9-7-18-8-11(9)13(17)14(6-12(15)16)10-4-2-3-5-10/h7-8,10H,2-6H2,1H3,(H,15,16). The minimum Gasteiger partial charge on any atom is -0.480 e. The third-order valence-corrected chi connectivity index (χ3v) is 4.28. The summed E-state index contributed by atoms with van der Waals surface area (Å²) in [5.41, 5.74) is 1.58. The maximum Gasteiger partial charge on any atom is 0.323 e. The van der Waals surface area contributed by atoms with Gasteiger partial charge in [-0.15, -0.1) is 0 Å². The molecule has 1 N–H and O–H groups in total. The number of aryl methyl sites for hydroxylation is 1. The summed E-state index contributed by atoms with van der Waals surface area (Å²) in [7, 11) is 0. The first-order chi connectivity index (χ1) is 8.59. The van der Waals surface area contributed by atoms with Crippen molar-refractivity contribution in [2.45, 2.75) is 38.6 Å². The van der Waals surface area contributed by atoms with Crippen LogP contribution in [0.5, 0.6) is 0 Å². The summed E-state index contributed by atoms with van der Waals surface area (Å²) in [6.45, 7) is 1.69. The van der Waals surface area contributed by atoms with Crippen molar-refractivity contribution in [2.75, 3.05) is 6.54 Å². The van der Waals surface area contributed by atoms with Crippen molar-refractivity contribution in [3.8, 4) is 0 Å². The van der Waals surface area contributed by atoms with E-state index in [-0.39, 0.29) is 18.5 Å². The predicted octanol–water partition coefficient (Wildman–Crippen LogP) is 2.53. The average Bonchev–Trinajstić information content (AvgIpc) is 2.95. The van der Waals surface area contributed by atoms with Crippen LogP contribution < -0.4 is 0 Å². The highest BCUT2D eigenvalue weighted by Gasteiger charge is 2.29. The van der Waals surface area contributed by atoms with Crippen LogP contribution in [0.3, 0.4) is 0 Å². The van der Waals surface area contributed by atoms with Gasteiger partial charge in [0.05, 0.1) is 5.56 Å². The van der Waals surface area contributed by atoms with Crippen molar-refractivity contribution in [3.63, 3.8) is 0 Å². The number of amides is 1. The Hall–Kier alpha value is -1.36. The van der Waals surface area contributed by atoms with Gasteiger partial charge in [0, 0.05) is 11.4 Å². The van der Waals surface area contributed by atoms with E-state index in [9.17, 15) is 9.59 Å². The molecule has 1 fully saturated rings. The number of aliphatic carboxylic acids is 1. The number of hydrogen-bond donors (Lipinski definition) is 1. The van der Waals surface area contributed by atoms with Crippen LogP contribution in [0.1, 0.15) is 41.6 Å². The molecule has 0 aromatic carbocycles. The van der Waals surface area contributed by atoms with Crippen molar-refractivity contribution >= 4 is 23.2 Å². The Morgan fingerprint density at radius 3 is 2.56 bits per heavy atom. The lowest BCUT2D eigenvalue weighted by atomic mass is 10.1. The normalized spacial score (nSPS) is 15.8. The van der Waals surface area contributed by atoms with Crippen LogP contribution in [0, 0.1) is 6.92 Å². The topological polar surface area (TPSA) is 57.6 Å². The molecule has 0 atom stereocenters. The van der Waals surface area contributed by atoms with Crippen LogP contribution in [-0.4, -0.2) is 34.5 Å². The molecule has 1 aliphatic rings. The molecule has 1 amide bonds. The van der Waals surface area contributed by atoms with E-state index >= 15 is 0 Å². The molecule has 4 nitrogen and oxygen atoms in total. The van der Waals surface area contributed by atoms with Crippen LogP contribution in [0.15, 0.2) is 10.8 Å². The first-order valence-electron chi connectivity index (χ1n) is 6.15. The summed E-state index contributed by atoms with van der Waals surface area (Å²) >= 11 is 1.48. The van der Waals surface area contributed by atoms with E-state index in [4.69, 9.17) is 5.11 Å². The SMILES string of the molecule is Cc1cscc1C(=O)N(CC(=O)O)C1CCCC1. The van der Waals surface area contributed by atoms with Gasteiger partial charge in [0.25, 0.3) is 5.91 Å². The molecular weight excluding hydrogens is 250 g/mol. The third kappa shape index (κ3) is 2.72. The minimum atomic E-state index is -0.942. The van der Waals surface area contributed by atoms with E-state index in [1.165, 1.54) is 16.2 Å². The maximum atomic E-state index is 12.4. The summed E-state index contributed by atoms with van der Waals surface area (Å²) in [6.07, 6.45) is 4.00. The highest BCUT2D eigenvalue weighted by atomic mass is 32.1. The molecule has 0 aliphatic heterocycles. The van der Waals surface area contributed by atoms with E-state index in [2.05, 4.69) is 0 Å². The molecule has 0 saturated heterocycles. The highest BCUT2D eigenvalue weighted by Crippen LogP contribution is 2.26. The quantitative estimate of drug-likeness (QED) is 0.912. The van der Waals surface area contributed by atoms with Gasteiger partial charge in [0.15, 0.2) is 0 Å². The second kappa shape index (κ2) is 5.52. The predicted molar refractivity (Wildman–Crippen MR) is 70.0 cm³/mol. The van der Waals surface area contributed by atoms with Gasteiger partial charge in [-0.25, -0.2) is 0 Å². The molecule has 0 radical (unpaired) electrons. The lowest BCUT2D eigenvalue weighted by molar-refractivity contribution is -0.138. The van der Waals surface area contributed by atoms with Crippen LogP contribution in [0.25, 0.3) is 0 Å². The second-order valence-corrected chi connectivity index (χ2v) is 5.48. The first-order valence-corrected chi connectivity index (χ1v) is 7.09. The van der Waals surface area contributed by atoms with Gasteiger partial charge in [-0.2, -0.15) is 11.3 Å². The van der Waals surface area contributed by atoms with E-state index < -0.39 is 5.97 Å². The fourth-order valence-electron chi connectivity index (χ4n) is 2.46. The summed E-state index contributed by atoms with van der Waals surface area (Å²) in [6, 6.07) is 0.0906. The number of carboxylic acids is 1. The zero-order chi connectivity index (χ0) is 13.1. The highest BCUT2D eigenvalue weighted by molar-refractivity contribution is 7.08. The minimum absolute atomic E-state index is 0.0906. The summed E-state index contributed by atoms with van der Waals surface area (Å²) < 4.78 is 0. The van der Waals surface area contributed by atoms with Crippen molar-refractivity contribution in [2.24, 2.45) is 0 Å². The van der Waals surface area contributed by atoms with Crippen LogP contribution in [-0.2, 0) is 4.79 Å². The maximum absolute atomic E-state index is 12.4. The molecule has 18 heavy (non-hydrogen) atoms. The van der Waals surface area contributed by atoms with Gasteiger partial charge < -0.3 is 10.0 Å². The smallest absolute Gasteiger partial charge is 0.323 e. The molecule has 0 bridgehead atoms. The Kier molecular flexibility index (Phi) is 4.01. The van der Waals surface area contributed by atoms with Gasteiger partial charge in [-0.05, 0) is 30.7 Å². The van der Waals surface area contributed by atoms with E-state index in [1.807, 2.05) is 17.7 Å². The molecular formula is C13H17NO3S. The number of thiophene rings is 1. The molecule has 1 saturated carbocycles. The fourth-order valence-corrected chi connectivity index (χ4v) is 3.28. The van der Waals surface area contributed by atoms with E-state index in [1.54, 1.807) is 0 Å². The molecule has 5 heteroatoms. The van der Waals surface area contributed by atoms with Crippen LogP contribution >= 0.6 is 11.3 Å². The van der Waals surface area contributed by atoms with Crippen LogP contribution in [0.4, 0.5) is 0 Å². The number of nitrogens with zero attached hydrogens (tertiary/aromatic N) is 1. The molecule has 1 heterocycles. The number of hydrogen-bond acceptors (Lipinski definition) is 3. The van der Waals surface area contributed by atoms with Gasteiger partial charge in [0.1, 0.15) is 6.54 Å². The van der Waals surface area contributed by atoms with Gasteiger partial charge in [-0.1, -0.05) is 12.8 Å². The number of carbonyl (C=O) groups is 2. The Labute approximate surface area is 110 Å². The van der Waals surface area contributed by atoms with Crippen molar-refractivity contribution in [1.29, 1.82) is 0 Å².